The monoisotopic (exact) mass is 438 g/mol. The minimum absolute atomic E-state index is 0.000236. The Hall–Kier alpha value is -3.39. The van der Waals surface area contributed by atoms with Gasteiger partial charge in [0.25, 0.3) is 0 Å². The highest BCUT2D eigenvalue weighted by molar-refractivity contribution is 5.75. The van der Waals surface area contributed by atoms with Crippen molar-refractivity contribution in [1.29, 1.82) is 0 Å². The Balaban J connectivity index is 1.45. The molecule has 0 aliphatic rings. The summed E-state index contributed by atoms with van der Waals surface area (Å²) in [6, 6.07) is 15.4. The van der Waals surface area contributed by atoms with Crippen molar-refractivity contribution < 1.29 is 18.8 Å². The second kappa shape index (κ2) is 11.3. The topological polar surface area (TPSA) is 89.7 Å². The number of benzene rings is 2. The number of nitrogens with one attached hydrogen (secondary N) is 1. The number of amides is 1. The maximum Gasteiger partial charge on any atom is 0.226 e. The van der Waals surface area contributed by atoms with Gasteiger partial charge in [-0.3, -0.25) is 4.79 Å². The highest BCUT2D eigenvalue weighted by atomic mass is 16.5. The zero-order valence-electron chi connectivity index (χ0n) is 19.0. The van der Waals surface area contributed by atoms with E-state index in [1.54, 1.807) is 14.2 Å². The lowest BCUT2D eigenvalue weighted by Gasteiger charge is -2.25. The Morgan fingerprint density at radius 1 is 1.03 bits per heavy atom. The van der Waals surface area contributed by atoms with Crippen LogP contribution >= 0.6 is 0 Å². The van der Waals surface area contributed by atoms with Crippen LogP contribution in [0.1, 0.15) is 30.3 Å². The summed E-state index contributed by atoms with van der Waals surface area (Å²) in [6.07, 6.45) is 1.57. The summed E-state index contributed by atoms with van der Waals surface area (Å²) in [4.78, 5) is 18.9. The maximum absolute atomic E-state index is 12.4. The van der Waals surface area contributed by atoms with Crippen molar-refractivity contribution in [2.24, 2.45) is 0 Å². The third-order valence-corrected chi connectivity index (χ3v) is 5.23. The number of nitrogens with zero attached hydrogens (tertiary/aromatic N) is 3. The summed E-state index contributed by atoms with van der Waals surface area (Å²) in [5, 5.41) is 7.05. The van der Waals surface area contributed by atoms with Crippen LogP contribution in [0.5, 0.6) is 11.5 Å². The number of likely N-dealkylation sites (N-methyl/N-ethyl adjacent to an activating group) is 1. The van der Waals surface area contributed by atoms with E-state index in [9.17, 15) is 4.79 Å². The van der Waals surface area contributed by atoms with E-state index >= 15 is 0 Å². The van der Waals surface area contributed by atoms with E-state index in [0.717, 1.165) is 22.6 Å². The minimum atomic E-state index is 0.000236. The number of hydrogen-bond acceptors (Lipinski definition) is 7. The highest BCUT2D eigenvalue weighted by Crippen LogP contribution is 2.21. The lowest BCUT2D eigenvalue weighted by atomic mass is 10.1. The molecule has 1 atom stereocenters. The molecule has 0 spiro atoms. The maximum atomic E-state index is 12.4. The van der Waals surface area contributed by atoms with Crippen LogP contribution in [-0.4, -0.2) is 55.8 Å². The summed E-state index contributed by atoms with van der Waals surface area (Å²) >= 11 is 0. The predicted octanol–water partition coefficient (Wildman–Crippen LogP) is 3.50. The Bertz CT molecular complexity index is 984. The van der Waals surface area contributed by atoms with E-state index < -0.39 is 0 Å². The number of carbonyl (C=O) groups excluding carboxylic acids is 1. The van der Waals surface area contributed by atoms with Crippen LogP contribution in [0.3, 0.4) is 0 Å². The molecule has 0 aliphatic heterocycles. The molecule has 1 unspecified atom stereocenters. The molecule has 32 heavy (non-hydrogen) atoms. The van der Waals surface area contributed by atoms with Crippen LogP contribution in [0.4, 0.5) is 0 Å². The van der Waals surface area contributed by atoms with Crippen molar-refractivity contribution in [2.75, 3.05) is 34.9 Å². The van der Waals surface area contributed by atoms with Crippen molar-refractivity contribution in [3.63, 3.8) is 0 Å². The number of rotatable bonds is 11. The van der Waals surface area contributed by atoms with E-state index in [0.29, 0.717) is 37.5 Å². The van der Waals surface area contributed by atoms with E-state index in [4.69, 9.17) is 14.0 Å². The van der Waals surface area contributed by atoms with Crippen LogP contribution < -0.4 is 14.8 Å². The van der Waals surface area contributed by atoms with Gasteiger partial charge in [0.1, 0.15) is 11.5 Å². The summed E-state index contributed by atoms with van der Waals surface area (Å²) in [7, 11) is 7.26. The van der Waals surface area contributed by atoms with Crippen molar-refractivity contribution >= 4 is 5.91 Å². The molecule has 2 aromatic carbocycles. The normalized spacial score (nSPS) is 11.9. The molecule has 8 nitrogen and oxygen atoms in total. The van der Waals surface area contributed by atoms with Crippen molar-refractivity contribution in [3.05, 3.63) is 60.0 Å². The van der Waals surface area contributed by atoms with Crippen molar-refractivity contribution in [2.45, 2.75) is 25.3 Å². The molecule has 1 aromatic heterocycles. The molecule has 0 aliphatic carbocycles. The molecule has 0 bridgehead atoms. The van der Waals surface area contributed by atoms with Gasteiger partial charge in [-0.05, 0) is 62.5 Å². The van der Waals surface area contributed by atoms with Gasteiger partial charge in [-0.25, -0.2) is 0 Å². The van der Waals surface area contributed by atoms with Crippen LogP contribution in [0, 0.1) is 0 Å². The number of aromatic nitrogens is 2. The Labute approximate surface area is 188 Å². The summed E-state index contributed by atoms with van der Waals surface area (Å²) in [5.41, 5.74) is 1.97. The molecule has 3 aromatic rings. The average molecular weight is 439 g/mol. The van der Waals surface area contributed by atoms with Crippen LogP contribution in [-0.2, 0) is 11.2 Å². The van der Waals surface area contributed by atoms with Crippen LogP contribution in [0.25, 0.3) is 11.4 Å². The Morgan fingerprint density at radius 2 is 1.66 bits per heavy atom. The molecule has 0 saturated heterocycles. The van der Waals surface area contributed by atoms with Gasteiger partial charge in [0.2, 0.25) is 17.6 Å². The number of aryl methyl sites for hydroxylation is 1. The van der Waals surface area contributed by atoms with E-state index in [1.165, 1.54) is 0 Å². The molecule has 1 heterocycles. The fourth-order valence-electron chi connectivity index (χ4n) is 3.34. The van der Waals surface area contributed by atoms with Gasteiger partial charge in [-0.15, -0.1) is 0 Å². The third kappa shape index (κ3) is 6.31. The third-order valence-electron chi connectivity index (χ3n) is 5.23. The van der Waals surface area contributed by atoms with Crippen molar-refractivity contribution in [3.8, 4) is 22.9 Å². The first-order chi connectivity index (χ1) is 15.5. The summed E-state index contributed by atoms with van der Waals surface area (Å²) < 4.78 is 15.7. The average Bonchev–Trinajstić information content (AvgIpc) is 3.28. The van der Waals surface area contributed by atoms with E-state index in [2.05, 4.69) is 20.4 Å². The second-order valence-corrected chi connectivity index (χ2v) is 7.65. The largest absolute Gasteiger partial charge is 0.497 e. The summed E-state index contributed by atoms with van der Waals surface area (Å²) in [5.74, 6) is 2.63. The van der Waals surface area contributed by atoms with Gasteiger partial charge >= 0.3 is 0 Å². The first-order valence-electron chi connectivity index (χ1n) is 10.5. The molecular formula is C24H30N4O4. The molecule has 0 saturated carbocycles. The SMILES string of the molecule is COc1ccc(-c2noc(CCCC(=O)NCC(c3ccc(OC)cc3)N(C)C)n2)cc1. The number of hydrogen-bond donors (Lipinski definition) is 1. The first-order valence-corrected chi connectivity index (χ1v) is 10.5. The molecular weight excluding hydrogens is 408 g/mol. The first kappa shape index (κ1) is 23.3. The molecule has 3 rings (SSSR count). The molecule has 8 heteroatoms. The molecule has 170 valence electrons. The van der Waals surface area contributed by atoms with Gasteiger partial charge in [-0.1, -0.05) is 17.3 Å². The molecule has 1 amide bonds. The van der Waals surface area contributed by atoms with Gasteiger partial charge < -0.3 is 24.2 Å². The van der Waals surface area contributed by atoms with Gasteiger partial charge in [0.15, 0.2) is 0 Å². The molecule has 1 N–H and O–H groups in total. The quantitative estimate of drug-likeness (QED) is 0.490. The van der Waals surface area contributed by atoms with Crippen LogP contribution in [0.2, 0.25) is 0 Å². The van der Waals surface area contributed by atoms with Gasteiger partial charge in [0.05, 0.1) is 20.3 Å². The molecule has 0 radical (unpaired) electrons. The van der Waals surface area contributed by atoms with Crippen LogP contribution in [0.15, 0.2) is 53.1 Å². The second-order valence-electron chi connectivity index (χ2n) is 7.65. The lowest BCUT2D eigenvalue weighted by Crippen LogP contribution is -2.34. The number of ether oxygens (including phenoxy) is 2. The molecule has 0 fully saturated rings. The summed E-state index contributed by atoms with van der Waals surface area (Å²) in [6.45, 7) is 0.528. The minimum Gasteiger partial charge on any atom is -0.497 e. The number of methoxy groups -OCH3 is 2. The predicted molar refractivity (Wildman–Crippen MR) is 122 cm³/mol. The Kier molecular flexibility index (Phi) is 8.21. The van der Waals surface area contributed by atoms with Gasteiger partial charge in [-0.2, -0.15) is 4.98 Å². The zero-order valence-corrected chi connectivity index (χ0v) is 19.0. The van der Waals surface area contributed by atoms with E-state index in [1.807, 2.05) is 62.6 Å². The standard InChI is InChI=1S/C24H30N4O4/c1-28(2)21(17-8-12-19(30-3)13-9-17)16-25-22(29)6-5-7-23-26-24(27-32-23)18-10-14-20(31-4)15-11-18/h8-15,21H,5-7,16H2,1-4H3,(H,25,29). The highest BCUT2D eigenvalue weighted by Gasteiger charge is 2.16. The van der Waals surface area contributed by atoms with E-state index in [-0.39, 0.29) is 11.9 Å². The van der Waals surface area contributed by atoms with Gasteiger partial charge in [0, 0.05) is 24.9 Å². The Morgan fingerprint density at radius 3 is 2.25 bits per heavy atom. The fourth-order valence-corrected chi connectivity index (χ4v) is 3.34. The number of carbonyl (C=O) groups is 1. The zero-order chi connectivity index (χ0) is 22.9. The lowest BCUT2D eigenvalue weighted by molar-refractivity contribution is -0.121. The fraction of sp³-hybridized carbons (Fsp3) is 0.375. The van der Waals surface area contributed by atoms with Crippen molar-refractivity contribution in [1.82, 2.24) is 20.4 Å². The smallest absolute Gasteiger partial charge is 0.226 e.